The number of benzene rings is 1. The summed E-state index contributed by atoms with van der Waals surface area (Å²) in [6.45, 7) is -1.39. The van der Waals surface area contributed by atoms with E-state index in [1.54, 1.807) is 30.3 Å². The molecule has 22 heavy (non-hydrogen) atoms. The highest BCUT2D eigenvalue weighted by Crippen LogP contribution is 2.17. The van der Waals surface area contributed by atoms with Gasteiger partial charge in [-0.15, -0.1) is 0 Å². The molecule has 4 N–H and O–H groups in total. The van der Waals surface area contributed by atoms with Gasteiger partial charge in [0.15, 0.2) is 0 Å². The van der Waals surface area contributed by atoms with Crippen LogP contribution < -0.4 is 11.1 Å². The highest BCUT2D eigenvalue weighted by molar-refractivity contribution is 8.12. The molecule has 0 aromatic heterocycles. The van der Waals surface area contributed by atoms with E-state index < -0.39 is 36.0 Å². The smallest absolute Gasteiger partial charge is 0.324 e. The molecule has 0 radical (unpaired) electrons. The zero-order chi connectivity index (χ0) is 16.5. The molecule has 1 rings (SSSR count). The van der Waals surface area contributed by atoms with Gasteiger partial charge < -0.3 is 16.2 Å². The Hall–Kier alpha value is -2.39. The number of nitrogens with two attached hydrogens (primary N) is 1. The number of carbonyl (C=O) groups is 4. The summed E-state index contributed by atoms with van der Waals surface area (Å²) < 4.78 is 0.786. The van der Waals surface area contributed by atoms with Crippen molar-refractivity contribution in [3.63, 3.8) is 0 Å². The lowest BCUT2D eigenvalue weighted by Gasteiger charge is -2.18. The standard InChI is InChI=1S/C13H15N3O5S/c14-6-10(17)15-7-11(18)16(8-12(19)20)22-13(21)9-4-2-1-3-5-9/h1-5H,6-8,14H2,(H,15,17)(H,19,20). The van der Waals surface area contributed by atoms with E-state index in [4.69, 9.17) is 10.8 Å². The molecule has 118 valence electrons. The van der Waals surface area contributed by atoms with Gasteiger partial charge in [-0.1, -0.05) is 30.3 Å². The van der Waals surface area contributed by atoms with Gasteiger partial charge in [0.25, 0.3) is 5.91 Å². The second-order valence-corrected chi connectivity index (χ2v) is 5.04. The average Bonchev–Trinajstić information content (AvgIpc) is 2.51. The van der Waals surface area contributed by atoms with Crippen LogP contribution in [0.5, 0.6) is 0 Å². The van der Waals surface area contributed by atoms with Gasteiger partial charge in [-0.05, 0) is 0 Å². The first-order valence-corrected chi connectivity index (χ1v) is 6.97. The molecule has 0 bridgehead atoms. The molecule has 0 aliphatic carbocycles. The first-order valence-electron chi connectivity index (χ1n) is 6.20. The van der Waals surface area contributed by atoms with Gasteiger partial charge in [0.1, 0.15) is 6.54 Å². The summed E-state index contributed by atoms with van der Waals surface area (Å²) in [4.78, 5) is 45.7. The monoisotopic (exact) mass is 325 g/mol. The maximum absolute atomic E-state index is 12.0. The van der Waals surface area contributed by atoms with Gasteiger partial charge >= 0.3 is 5.97 Å². The molecule has 8 nitrogen and oxygen atoms in total. The maximum Gasteiger partial charge on any atom is 0.324 e. The number of nitrogens with one attached hydrogen (secondary N) is 1. The van der Waals surface area contributed by atoms with Crippen molar-refractivity contribution in [1.29, 1.82) is 0 Å². The number of carboxylic acids is 1. The molecule has 0 aliphatic rings. The number of hydrogen-bond acceptors (Lipinski definition) is 6. The Bertz CT molecular complexity index is 564. The summed E-state index contributed by atoms with van der Waals surface area (Å²) in [5.41, 5.74) is 5.42. The Morgan fingerprint density at radius 3 is 2.36 bits per heavy atom. The molecular formula is C13H15N3O5S. The minimum absolute atomic E-state index is 0.289. The second kappa shape index (κ2) is 8.80. The van der Waals surface area contributed by atoms with Gasteiger partial charge in [0, 0.05) is 17.5 Å². The fourth-order valence-electron chi connectivity index (χ4n) is 1.36. The lowest BCUT2D eigenvalue weighted by molar-refractivity contribution is -0.140. The Balaban J connectivity index is 2.71. The second-order valence-electron chi connectivity index (χ2n) is 4.05. The van der Waals surface area contributed by atoms with Crippen LogP contribution in [0.3, 0.4) is 0 Å². The van der Waals surface area contributed by atoms with Crippen molar-refractivity contribution in [2.45, 2.75) is 0 Å². The number of rotatable bonds is 6. The molecule has 0 saturated heterocycles. The molecule has 1 aromatic rings. The van der Waals surface area contributed by atoms with Crippen molar-refractivity contribution in [3.05, 3.63) is 35.9 Å². The normalized spacial score (nSPS) is 9.86. The number of nitrogens with zero attached hydrogens (tertiary/aromatic N) is 1. The maximum atomic E-state index is 12.0. The van der Waals surface area contributed by atoms with E-state index >= 15 is 0 Å². The van der Waals surface area contributed by atoms with E-state index in [0.717, 1.165) is 4.31 Å². The Morgan fingerprint density at radius 2 is 1.82 bits per heavy atom. The number of carbonyl (C=O) groups excluding carboxylic acids is 3. The van der Waals surface area contributed by atoms with Gasteiger partial charge in [0.05, 0.1) is 13.1 Å². The van der Waals surface area contributed by atoms with Gasteiger partial charge in [-0.3, -0.25) is 23.5 Å². The van der Waals surface area contributed by atoms with E-state index in [0.29, 0.717) is 17.5 Å². The first kappa shape index (κ1) is 17.7. The van der Waals surface area contributed by atoms with Crippen LogP contribution in [0.4, 0.5) is 0 Å². The van der Waals surface area contributed by atoms with Crippen molar-refractivity contribution in [2.75, 3.05) is 19.6 Å². The van der Waals surface area contributed by atoms with E-state index in [-0.39, 0.29) is 6.54 Å². The van der Waals surface area contributed by atoms with Crippen LogP contribution in [0.2, 0.25) is 0 Å². The highest BCUT2D eigenvalue weighted by atomic mass is 32.2. The minimum atomic E-state index is -1.27. The van der Waals surface area contributed by atoms with Gasteiger partial charge in [-0.25, -0.2) is 0 Å². The molecular weight excluding hydrogens is 310 g/mol. The SMILES string of the molecule is NCC(=O)NCC(=O)N(CC(=O)O)SC(=O)c1ccccc1. The van der Waals surface area contributed by atoms with E-state index in [2.05, 4.69) is 5.32 Å². The third-order valence-corrected chi connectivity index (χ3v) is 3.34. The van der Waals surface area contributed by atoms with Gasteiger partial charge in [-0.2, -0.15) is 0 Å². The topological polar surface area (TPSA) is 130 Å². The molecule has 0 saturated carbocycles. The number of carboxylic acid groups (broad SMARTS) is 1. The number of hydrogen-bond donors (Lipinski definition) is 3. The quantitative estimate of drug-likeness (QED) is 0.599. The third-order valence-electron chi connectivity index (χ3n) is 2.38. The van der Waals surface area contributed by atoms with Crippen LogP contribution in [0, 0.1) is 0 Å². The molecule has 0 fully saturated rings. The fourth-order valence-corrected chi connectivity index (χ4v) is 2.14. The summed E-state index contributed by atoms with van der Waals surface area (Å²) in [5.74, 6) is -2.53. The van der Waals surface area contributed by atoms with E-state index in [1.165, 1.54) is 0 Å². The van der Waals surface area contributed by atoms with E-state index in [9.17, 15) is 19.2 Å². The predicted octanol–water partition coefficient (Wildman–Crippen LogP) is -0.537. The predicted molar refractivity (Wildman–Crippen MR) is 79.8 cm³/mol. The summed E-state index contributed by atoms with van der Waals surface area (Å²) in [6, 6.07) is 8.13. The Labute approximate surface area is 130 Å². The molecule has 0 aliphatic heterocycles. The number of aliphatic carboxylic acids is 1. The van der Waals surface area contributed by atoms with Crippen LogP contribution >= 0.6 is 11.9 Å². The molecule has 0 heterocycles. The zero-order valence-corrected chi connectivity index (χ0v) is 12.3. The molecule has 0 atom stereocenters. The van der Waals surface area contributed by atoms with E-state index in [1.807, 2.05) is 0 Å². The van der Waals surface area contributed by atoms with Crippen molar-refractivity contribution in [3.8, 4) is 0 Å². The van der Waals surface area contributed by atoms with Crippen LogP contribution in [0.1, 0.15) is 10.4 Å². The molecule has 9 heteroatoms. The lowest BCUT2D eigenvalue weighted by atomic mass is 10.2. The summed E-state index contributed by atoms with van der Waals surface area (Å²) >= 11 is 0.475. The van der Waals surface area contributed by atoms with Gasteiger partial charge in [0.2, 0.25) is 11.0 Å². The third kappa shape index (κ3) is 5.94. The Morgan fingerprint density at radius 1 is 1.18 bits per heavy atom. The van der Waals surface area contributed by atoms with Crippen molar-refractivity contribution in [2.24, 2.45) is 5.73 Å². The first-order chi connectivity index (χ1) is 10.4. The van der Waals surface area contributed by atoms with Crippen LogP contribution in [-0.2, 0) is 14.4 Å². The lowest BCUT2D eigenvalue weighted by Crippen LogP contribution is -2.41. The van der Waals surface area contributed by atoms with Crippen molar-refractivity contribution >= 4 is 34.8 Å². The molecule has 2 amide bonds. The van der Waals surface area contributed by atoms with Crippen molar-refractivity contribution < 1.29 is 24.3 Å². The van der Waals surface area contributed by atoms with Crippen LogP contribution in [-0.4, -0.2) is 51.9 Å². The van der Waals surface area contributed by atoms with Crippen LogP contribution in [0.25, 0.3) is 0 Å². The largest absolute Gasteiger partial charge is 0.480 e. The summed E-state index contributed by atoms with van der Waals surface area (Å²) in [5, 5.41) is 10.6. The molecule has 0 unspecified atom stereocenters. The highest BCUT2D eigenvalue weighted by Gasteiger charge is 2.22. The Kier molecular flexibility index (Phi) is 7.06. The average molecular weight is 325 g/mol. The summed E-state index contributed by atoms with van der Waals surface area (Å²) in [6.07, 6.45) is 0. The van der Waals surface area contributed by atoms with Crippen LogP contribution in [0.15, 0.2) is 30.3 Å². The molecule has 0 spiro atoms. The van der Waals surface area contributed by atoms with Crippen molar-refractivity contribution in [1.82, 2.24) is 9.62 Å². The number of amides is 2. The fraction of sp³-hybridized carbons (Fsp3) is 0.231. The summed E-state index contributed by atoms with van der Waals surface area (Å²) in [7, 11) is 0. The minimum Gasteiger partial charge on any atom is -0.480 e. The zero-order valence-electron chi connectivity index (χ0n) is 11.5. The molecule has 1 aromatic carbocycles.